The van der Waals surface area contributed by atoms with Crippen molar-refractivity contribution in [2.45, 2.75) is 6.92 Å². The third-order valence-electron chi connectivity index (χ3n) is 2.89. The van der Waals surface area contributed by atoms with E-state index in [1.54, 1.807) is 26.2 Å². The largest absolute Gasteiger partial charge is 0.497 e. The van der Waals surface area contributed by atoms with Gasteiger partial charge in [0.2, 0.25) is 0 Å². The number of benzene rings is 2. The van der Waals surface area contributed by atoms with Crippen molar-refractivity contribution in [1.29, 1.82) is 0 Å². The lowest BCUT2D eigenvalue weighted by Crippen LogP contribution is -2.18. The quantitative estimate of drug-likeness (QED) is 0.402. The molecule has 5 heteroatoms. The molecular weight excluding hydrogens is 258 g/mol. The fourth-order valence-electron chi connectivity index (χ4n) is 1.91. The van der Waals surface area contributed by atoms with Crippen molar-refractivity contribution < 1.29 is 19.5 Å². The molecule has 0 spiro atoms. The van der Waals surface area contributed by atoms with E-state index in [1.165, 1.54) is 0 Å². The van der Waals surface area contributed by atoms with E-state index in [0.717, 1.165) is 16.5 Å². The van der Waals surface area contributed by atoms with E-state index >= 15 is 0 Å². The van der Waals surface area contributed by atoms with Crippen molar-refractivity contribution in [3.05, 3.63) is 42.0 Å². The minimum absolute atomic E-state index is 0.107. The Morgan fingerprint density at radius 2 is 1.90 bits per heavy atom. The van der Waals surface area contributed by atoms with E-state index in [0.29, 0.717) is 5.56 Å². The topological polar surface area (TPSA) is 68.1 Å². The number of ether oxygens (including phenoxy) is 2. The van der Waals surface area contributed by atoms with Crippen LogP contribution in [0.1, 0.15) is 12.5 Å². The number of hydrogen-bond donors (Lipinski definition) is 1. The first-order valence-electron chi connectivity index (χ1n) is 6.17. The number of carbonyl (C=O) groups excluding carboxylic acids is 1. The normalized spacial score (nSPS) is 11.4. The number of methoxy groups -OCH3 is 1. The van der Waals surface area contributed by atoms with Gasteiger partial charge in [0.1, 0.15) is 5.75 Å². The first-order valence-corrected chi connectivity index (χ1v) is 6.17. The predicted molar refractivity (Wildman–Crippen MR) is 75.5 cm³/mol. The maximum absolute atomic E-state index is 11.7. The SMILES string of the molecule is CCOC(=O)C(=NO)c1ccc2cc(OC)ccc2c1. The van der Waals surface area contributed by atoms with Crippen molar-refractivity contribution in [2.75, 3.05) is 13.7 Å². The Morgan fingerprint density at radius 1 is 1.20 bits per heavy atom. The van der Waals surface area contributed by atoms with Gasteiger partial charge in [-0.2, -0.15) is 0 Å². The highest BCUT2D eigenvalue weighted by atomic mass is 16.5. The molecular formula is C15H15NO4. The van der Waals surface area contributed by atoms with Crippen molar-refractivity contribution in [1.82, 2.24) is 0 Å². The first-order chi connectivity index (χ1) is 9.69. The summed E-state index contributed by atoms with van der Waals surface area (Å²) in [4.78, 5) is 11.7. The molecule has 2 rings (SSSR count). The van der Waals surface area contributed by atoms with Gasteiger partial charge in [0, 0.05) is 5.56 Å². The number of fused-ring (bicyclic) bond motifs is 1. The molecule has 0 bridgehead atoms. The molecule has 104 valence electrons. The Morgan fingerprint density at radius 3 is 2.55 bits per heavy atom. The van der Waals surface area contributed by atoms with Gasteiger partial charge >= 0.3 is 5.97 Å². The molecule has 0 atom stereocenters. The van der Waals surface area contributed by atoms with Crippen LogP contribution in [0.4, 0.5) is 0 Å². The molecule has 0 amide bonds. The molecule has 0 saturated carbocycles. The van der Waals surface area contributed by atoms with Gasteiger partial charge in [-0.3, -0.25) is 0 Å². The van der Waals surface area contributed by atoms with Crippen LogP contribution in [0.5, 0.6) is 5.75 Å². The zero-order valence-electron chi connectivity index (χ0n) is 11.3. The van der Waals surface area contributed by atoms with Gasteiger partial charge in [0.15, 0.2) is 5.71 Å². The van der Waals surface area contributed by atoms with E-state index < -0.39 is 5.97 Å². The van der Waals surface area contributed by atoms with E-state index in [1.807, 2.05) is 24.3 Å². The number of oxime groups is 1. The highest BCUT2D eigenvalue weighted by Crippen LogP contribution is 2.22. The molecule has 0 aliphatic rings. The molecule has 1 N–H and O–H groups in total. The van der Waals surface area contributed by atoms with E-state index in [-0.39, 0.29) is 12.3 Å². The van der Waals surface area contributed by atoms with E-state index in [2.05, 4.69) is 5.16 Å². The summed E-state index contributed by atoms with van der Waals surface area (Å²) in [6.07, 6.45) is 0. The van der Waals surface area contributed by atoms with Crippen LogP contribution in [0.3, 0.4) is 0 Å². The zero-order valence-corrected chi connectivity index (χ0v) is 11.3. The van der Waals surface area contributed by atoms with E-state index in [4.69, 9.17) is 14.7 Å². The lowest BCUT2D eigenvalue weighted by Gasteiger charge is -2.07. The van der Waals surface area contributed by atoms with Crippen molar-refractivity contribution in [3.63, 3.8) is 0 Å². The third-order valence-corrected chi connectivity index (χ3v) is 2.89. The molecule has 0 radical (unpaired) electrons. The highest BCUT2D eigenvalue weighted by molar-refractivity contribution is 6.43. The molecule has 20 heavy (non-hydrogen) atoms. The predicted octanol–water partition coefficient (Wildman–Crippen LogP) is 2.59. The average molecular weight is 273 g/mol. The van der Waals surface area contributed by atoms with Gasteiger partial charge in [0.25, 0.3) is 0 Å². The van der Waals surface area contributed by atoms with Crippen LogP contribution in [-0.2, 0) is 9.53 Å². The number of rotatable bonds is 4. The molecule has 2 aromatic rings. The molecule has 5 nitrogen and oxygen atoms in total. The lowest BCUT2D eigenvalue weighted by atomic mass is 10.0. The maximum atomic E-state index is 11.7. The highest BCUT2D eigenvalue weighted by Gasteiger charge is 2.16. The lowest BCUT2D eigenvalue weighted by molar-refractivity contribution is -0.135. The molecule has 0 aliphatic carbocycles. The maximum Gasteiger partial charge on any atom is 0.361 e. The summed E-state index contributed by atoms with van der Waals surface area (Å²) in [6.45, 7) is 1.92. The molecule has 0 aliphatic heterocycles. The van der Waals surface area contributed by atoms with Crippen LogP contribution in [-0.4, -0.2) is 30.6 Å². The third kappa shape index (κ3) is 2.71. The van der Waals surface area contributed by atoms with Crippen molar-refractivity contribution in [3.8, 4) is 5.75 Å². The zero-order chi connectivity index (χ0) is 14.5. The van der Waals surface area contributed by atoms with Crippen LogP contribution in [0, 0.1) is 0 Å². The number of esters is 1. The number of nitrogens with zero attached hydrogens (tertiary/aromatic N) is 1. The summed E-state index contributed by atoms with van der Waals surface area (Å²) >= 11 is 0. The Bertz CT molecular complexity index is 664. The summed E-state index contributed by atoms with van der Waals surface area (Å²) in [5, 5.41) is 13.9. The smallest absolute Gasteiger partial charge is 0.361 e. The Balaban J connectivity index is 2.43. The summed E-state index contributed by atoms with van der Waals surface area (Å²) < 4.78 is 10.0. The summed E-state index contributed by atoms with van der Waals surface area (Å²) in [7, 11) is 1.60. The minimum atomic E-state index is -0.650. The van der Waals surface area contributed by atoms with Gasteiger partial charge < -0.3 is 14.7 Å². The van der Waals surface area contributed by atoms with Gasteiger partial charge in [-0.15, -0.1) is 0 Å². The fraction of sp³-hybridized carbons (Fsp3) is 0.200. The summed E-state index contributed by atoms with van der Waals surface area (Å²) in [5.74, 6) is 0.106. The molecule has 0 saturated heterocycles. The summed E-state index contributed by atoms with van der Waals surface area (Å²) in [5.41, 5.74) is 0.396. The minimum Gasteiger partial charge on any atom is -0.497 e. The van der Waals surface area contributed by atoms with Gasteiger partial charge in [-0.05, 0) is 35.9 Å². The molecule has 0 aromatic heterocycles. The van der Waals surface area contributed by atoms with Crippen LogP contribution >= 0.6 is 0 Å². The number of hydrogen-bond acceptors (Lipinski definition) is 5. The van der Waals surface area contributed by atoms with Gasteiger partial charge in [-0.1, -0.05) is 23.4 Å². The standard InChI is InChI=1S/C15H15NO4/c1-3-20-15(17)14(16-18)12-5-4-11-9-13(19-2)7-6-10(11)8-12/h4-9,18H,3H2,1-2H3. The van der Waals surface area contributed by atoms with E-state index in [9.17, 15) is 4.79 Å². The average Bonchev–Trinajstić information content (AvgIpc) is 2.47. The van der Waals surface area contributed by atoms with Gasteiger partial charge in [0.05, 0.1) is 13.7 Å². The second-order valence-corrected chi connectivity index (χ2v) is 4.10. The second kappa shape index (κ2) is 6.06. The van der Waals surface area contributed by atoms with Crippen LogP contribution in [0.25, 0.3) is 10.8 Å². The van der Waals surface area contributed by atoms with Crippen LogP contribution < -0.4 is 4.74 Å². The Hall–Kier alpha value is -2.56. The monoisotopic (exact) mass is 273 g/mol. The number of carbonyl (C=O) groups is 1. The molecule has 0 heterocycles. The fourth-order valence-corrected chi connectivity index (χ4v) is 1.91. The van der Waals surface area contributed by atoms with Crippen molar-refractivity contribution in [2.24, 2.45) is 5.16 Å². The Kier molecular flexibility index (Phi) is 4.20. The molecule has 0 unspecified atom stereocenters. The van der Waals surface area contributed by atoms with Crippen molar-refractivity contribution >= 4 is 22.5 Å². The van der Waals surface area contributed by atoms with Crippen LogP contribution in [0.2, 0.25) is 0 Å². The first kappa shape index (κ1) is 13.9. The molecule has 0 fully saturated rings. The van der Waals surface area contributed by atoms with Crippen LogP contribution in [0.15, 0.2) is 41.6 Å². The second-order valence-electron chi connectivity index (χ2n) is 4.10. The summed E-state index contributed by atoms with van der Waals surface area (Å²) in [6, 6.07) is 10.9. The molecule has 2 aromatic carbocycles. The Labute approximate surface area is 116 Å². The van der Waals surface area contributed by atoms with Gasteiger partial charge in [-0.25, -0.2) is 4.79 Å².